The van der Waals surface area contributed by atoms with Gasteiger partial charge in [-0.2, -0.15) is 0 Å². The van der Waals surface area contributed by atoms with Crippen LogP contribution in [0.25, 0.3) is 0 Å². The van der Waals surface area contributed by atoms with Crippen molar-refractivity contribution in [1.82, 2.24) is 0 Å². The Morgan fingerprint density at radius 2 is 1.81 bits per heavy atom. The van der Waals surface area contributed by atoms with Crippen LogP contribution >= 0.6 is 11.3 Å². The van der Waals surface area contributed by atoms with E-state index in [9.17, 15) is 24.3 Å². The number of anilines is 1. The Balaban J connectivity index is 3.24. The predicted molar refractivity (Wildman–Crippen MR) is 92.7 cm³/mol. The summed E-state index contributed by atoms with van der Waals surface area (Å²) >= 11 is 0.977. The van der Waals surface area contributed by atoms with Crippen LogP contribution in [-0.4, -0.2) is 42.5 Å². The van der Waals surface area contributed by atoms with Crippen molar-refractivity contribution in [2.45, 2.75) is 39.5 Å². The molecule has 1 aromatic rings. The second-order valence-corrected chi connectivity index (χ2v) is 5.90. The molecule has 9 nitrogen and oxygen atoms in total. The lowest BCUT2D eigenvalue weighted by Gasteiger charge is -2.14. The topological polar surface area (TPSA) is 128 Å². The van der Waals surface area contributed by atoms with Crippen LogP contribution in [0.1, 0.15) is 54.8 Å². The molecule has 0 radical (unpaired) electrons. The van der Waals surface area contributed by atoms with Crippen molar-refractivity contribution in [3.63, 3.8) is 0 Å². The highest BCUT2D eigenvalue weighted by Gasteiger charge is 2.30. The maximum atomic E-state index is 12.2. The van der Waals surface area contributed by atoms with E-state index < -0.39 is 30.1 Å². The summed E-state index contributed by atoms with van der Waals surface area (Å²) in [6.45, 7) is 5.07. The van der Waals surface area contributed by atoms with Gasteiger partial charge in [-0.3, -0.25) is 10.1 Å². The van der Waals surface area contributed by atoms with Gasteiger partial charge >= 0.3 is 24.2 Å². The van der Waals surface area contributed by atoms with Crippen molar-refractivity contribution in [1.29, 1.82) is 0 Å². The standard InChI is InChI=1S/C16H21NO8S/c1-4-7-9(13(18)19)12-11(17-15(21)23-5-2)10(8-26-12)14(20)25-16(22)24-6-3/h8-9H,4-7H2,1-3H3,(H,17,21)(H,18,19). The largest absolute Gasteiger partial charge is 0.516 e. The van der Waals surface area contributed by atoms with Crippen molar-refractivity contribution >= 4 is 41.2 Å². The summed E-state index contributed by atoms with van der Waals surface area (Å²) in [5, 5.41) is 13.2. The number of aliphatic carboxylic acids is 1. The minimum atomic E-state index is -1.18. The Bertz CT molecular complexity index is 669. The molecule has 0 saturated heterocycles. The van der Waals surface area contributed by atoms with E-state index >= 15 is 0 Å². The van der Waals surface area contributed by atoms with Crippen LogP contribution in [-0.2, 0) is 19.0 Å². The molecule has 144 valence electrons. The molecule has 0 saturated carbocycles. The van der Waals surface area contributed by atoms with Crippen LogP contribution in [0.4, 0.5) is 15.3 Å². The number of ether oxygens (including phenoxy) is 3. The van der Waals surface area contributed by atoms with Crippen molar-refractivity contribution in [2.24, 2.45) is 0 Å². The molecule has 0 fully saturated rings. The van der Waals surface area contributed by atoms with Crippen LogP contribution in [0.5, 0.6) is 0 Å². The summed E-state index contributed by atoms with van der Waals surface area (Å²) in [7, 11) is 0. The molecule has 1 aromatic heterocycles. The van der Waals surface area contributed by atoms with Crippen LogP contribution in [0.15, 0.2) is 5.38 Å². The molecule has 1 rings (SSSR count). The molecule has 0 aromatic carbocycles. The molecule has 10 heteroatoms. The van der Waals surface area contributed by atoms with E-state index in [1.165, 1.54) is 5.38 Å². The first-order valence-corrected chi connectivity index (χ1v) is 8.90. The van der Waals surface area contributed by atoms with E-state index in [1.54, 1.807) is 13.8 Å². The lowest BCUT2D eigenvalue weighted by molar-refractivity contribution is -0.138. The molecule has 0 spiro atoms. The molecular weight excluding hydrogens is 366 g/mol. The van der Waals surface area contributed by atoms with Gasteiger partial charge in [0.15, 0.2) is 0 Å². The summed E-state index contributed by atoms with van der Waals surface area (Å²) in [5.41, 5.74) is -0.183. The molecule has 1 unspecified atom stereocenters. The zero-order valence-electron chi connectivity index (χ0n) is 14.7. The van der Waals surface area contributed by atoms with Gasteiger partial charge in [-0.1, -0.05) is 13.3 Å². The molecular formula is C16H21NO8S. The van der Waals surface area contributed by atoms with E-state index in [-0.39, 0.29) is 29.3 Å². The van der Waals surface area contributed by atoms with Crippen molar-refractivity contribution < 1.29 is 38.5 Å². The van der Waals surface area contributed by atoms with Gasteiger partial charge in [-0.15, -0.1) is 11.3 Å². The fraction of sp³-hybridized carbons (Fsp3) is 0.500. The first-order valence-electron chi connectivity index (χ1n) is 8.02. The van der Waals surface area contributed by atoms with Crippen molar-refractivity contribution in [3.05, 3.63) is 15.8 Å². The molecule has 0 aliphatic heterocycles. The first-order chi connectivity index (χ1) is 12.3. The number of esters is 1. The van der Waals surface area contributed by atoms with Gasteiger partial charge in [0.2, 0.25) is 0 Å². The van der Waals surface area contributed by atoms with Crippen LogP contribution < -0.4 is 5.32 Å². The summed E-state index contributed by atoms with van der Waals surface area (Å²) in [6, 6.07) is 0. The first kappa shape index (κ1) is 21.4. The number of rotatable bonds is 8. The monoisotopic (exact) mass is 387 g/mol. The molecule has 1 amide bonds. The molecule has 0 bridgehead atoms. The minimum absolute atomic E-state index is 0.0204. The normalized spacial score (nSPS) is 11.3. The van der Waals surface area contributed by atoms with Crippen molar-refractivity contribution in [3.8, 4) is 0 Å². The number of thiophene rings is 1. The van der Waals surface area contributed by atoms with E-state index in [0.717, 1.165) is 11.3 Å². The molecule has 1 heterocycles. The van der Waals surface area contributed by atoms with Gasteiger partial charge in [0.1, 0.15) is 0 Å². The zero-order valence-corrected chi connectivity index (χ0v) is 15.5. The van der Waals surface area contributed by atoms with Crippen LogP contribution in [0.3, 0.4) is 0 Å². The third kappa shape index (κ3) is 5.73. The van der Waals surface area contributed by atoms with E-state index in [1.807, 2.05) is 6.92 Å². The molecule has 0 aliphatic carbocycles. The highest BCUT2D eigenvalue weighted by molar-refractivity contribution is 7.11. The fourth-order valence-electron chi connectivity index (χ4n) is 2.11. The lowest BCUT2D eigenvalue weighted by Crippen LogP contribution is -2.20. The number of carbonyl (C=O) groups excluding carboxylic acids is 3. The Morgan fingerprint density at radius 3 is 2.35 bits per heavy atom. The number of hydrogen-bond acceptors (Lipinski definition) is 8. The second kappa shape index (κ2) is 10.4. The average molecular weight is 387 g/mol. The Morgan fingerprint density at radius 1 is 1.15 bits per heavy atom. The third-order valence-electron chi connectivity index (χ3n) is 3.17. The Labute approximate surface area is 154 Å². The van der Waals surface area contributed by atoms with E-state index in [2.05, 4.69) is 14.8 Å². The smallest absolute Gasteiger partial charge is 0.481 e. The second-order valence-electron chi connectivity index (χ2n) is 4.99. The van der Waals surface area contributed by atoms with Crippen molar-refractivity contribution in [2.75, 3.05) is 18.5 Å². The lowest BCUT2D eigenvalue weighted by atomic mass is 10.00. The summed E-state index contributed by atoms with van der Waals surface area (Å²) in [4.78, 5) is 47.2. The maximum Gasteiger partial charge on any atom is 0.516 e. The number of amides is 1. The molecule has 26 heavy (non-hydrogen) atoms. The minimum Gasteiger partial charge on any atom is -0.481 e. The van der Waals surface area contributed by atoms with Gasteiger partial charge in [0, 0.05) is 10.3 Å². The number of carboxylic acid groups (broad SMARTS) is 1. The van der Waals surface area contributed by atoms with E-state index in [0.29, 0.717) is 12.8 Å². The zero-order chi connectivity index (χ0) is 19.7. The average Bonchev–Trinajstić information content (AvgIpc) is 2.95. The highest BCUT2D eigenvalue weighted by atomic mass is 32.1. The number of carbonyl (C=O) groups is 4. The van der Waals surface area contributed by atoms with Crippen LogP contribution in [0, 0.1) is 0 Å². The summed E-state index contributed by atoms with van der Waals surface area (Å²) in [5.74, 6) is -3.07. The SMILES string of the molecule is CCCC(C(=O)O)c1scc(C(=O)OC(=O)OCC)c1NC(=O)OCC. The quantitative estimate of drug-likeness (QED) is 0.511. The maximum absolute atomic E-state index is 12.2. The fourth-order valence-corrected chi connectivity index (χ4v) is 3.23. The number of carboxylic acids is 1. The van der Waals surface area contributed by atoms with Gasteiger partial charge in [-0.05, 0) is 20.3 Å². The number of nitrogens with one attached hydrogen (secondary N) is 1. The summed E-state index contributed by atoms with van der Waals surface area (Å²) < 4.78 is 13.9. The Kier molecular flexibility index (Phi) is 8.56. The summed E-state index contributed by atoms with van der Waals surface area (Å²) in [6.07, 6.45) is -1.15. The van der Waals surface area contributed by atoms with Gasteiger partial charge in [0.05, 0.1) is 30.4 Å². The highest BCUT2D eigenvalue weighted by Crippen LogP contribution is 2.37. The molecule has 2 N–H and O–H groups in total. The molecule has 0 aliphatic rings. The molecule has 1 atom stereocenters. The van der Waals surface area contributed by atoms with Gasteiger partial charge in [-0.25, -0.2) is 14.4 Å². The predicted octanol–water partition coefficient (Wildman–Crippen LogP) is 3.60. The van der Waals surface area contributed by atoms with Crippen LogP contribution in [0.2, 0.25) is 0 Å². The van der Waals surface area contributed by atoms with Gasteiger partial charge < -0.3 is 19.3 Å². The third-order valence-corrected chi connectivity index (χ3v) is 4.27. The van der Waals surface area contributed by atoms with E-state index in [4.69, 9.17) is 4.74 Å². The Hall–Kier alpha value is -2.62. The van der Waals surface area contributed by atoms with Gasteiger partial charge in [0.25, 0.3) is 0 Å². The number of hydrogen-bond donors (Lipinski definition) is 2.